The fourth-order valence-corrected chi connectivity index (χ4v) is 3.15. The van der Waals surface area contributed by atoms with Crippen molar-refractivity contribution in [3.8, 4) is 11.4 Å². The van der Waals surface area contributed by atoms with Crippen molar-refractivity contribution in [3.63, 3.8) is 0 Å². The number of benzene rings is 2. The highest BCUT2D eigenvalue weighted by atomic mass is 32.2. The van der Waals surface area contributed by atoms with E-state index >= 15 is 0 Å². The lowest BCUT2D eigenvalue weighted by atomic mass is 10.1. The number of rotatable bonds is 6. The van der Waals surface area contributed by atoms with Crippen molar-refractivity contribution < 1.29 is 13.9 Å². The first-order chi connectivity index (χ1) is 12.9. The van der Waals surface area contributed by atoms with Gasteiger partial charge in [0.25, 0.3) is 0 Å². The van der Waals surface area contributed by atoms with Crippen molar-refractivity contribution in [2.24, 2.45) is 0 Å². The average molecular weight is 386 g/mol. The molecule has 27 heavy (non-hydrogen) atoms. The number of nitrogens with zero attached hydrogens (tertiary/aromatic N) is 3. The smallest absolute Gasteiger partial charge is 0.338 e. The van der Waals surface area contributed by atoms with Crippen LogP contribution in [-0.4, -0.2) is 26.9 Å². The van der Waals surface area contributed by atoms with E-state index in [1.54, 1.807) is 24.3 Å². The van der Waals surface area contributed by atoms with Crippen molar-refractivity contribution >= 4 is 17.7 Å². The quantitative estimate of drug-likeness (QED) is 0.395. The highest BCUT2D eigenvalue weighted by Crippen LogP contribution is 2.24. The fraction of sp³-hybridized carbons (Fsp3) is 0.211. The largest absolute Gasteiger partial charge is 0.459 e. The zero-order chi connectivity index (χ0) is 19.4. The molecule has 0 bridgehead atoms. The molecular weight excluding hydrogens is 367 g/mol. The summed E-state index contributed by atoms with van der Waals surface area (Å²) in [4.78, 5) is 11.9. The molecule has 0 atom stereocenters. The monoisotopic (exact) mass is 386 g/mol. The van der Waals surface area contributed by atoms with Crippen molar-refractivity contribution in [2.75, 3.05) is 5.84 Å². The Balaban J connectivity index is 1.65. The van der Waals surface area contributed by atoms with E-state index in [0.29, 0.717) is 27.9 Å². The number of thioether (sulfide) groups is 1. The molecule has 0 saturated heterocycles. The van der Waals surface area contributed by atoms with Gasteiger partial charge in [-0.05, 0) is 55.8 Å². The Labute approximate surface area is 160 Å². The lowest BCUT2D eigenvalue weighted by molar-refractivity contribution is 0.0378. The van der Waals surface area contributed by atoms with Crippen LogP contribution in [0.4, 0.5) is 4.39 Å². The molecule has 0 spiro atoms. The van der Waals surface area contributed by atoms with Crippen LogP contribution in [0, 0.1) is 5.82 Å². The number of carbonyl (C=O) groups excluding carboxylic acids is 1. The first-order valence-corrected chi connectivity index (χ1v) is 9.31. The fourth-order valence-electron chi connectivity index (χ4n) is 2.34. The van der Waals surface area contributed by atoms with Gasteiger partial charge in [0.15, 0.2) is 5.82 Å². The Bertz CT molecular complexity index is 924. The highest BCUT2D eigenvalue weighted by molar-refractivity contribution is 7.98. The van der Waals surface area contributed by atoms with Crippen LogP contribution < -0.4 is 5.84 Å². The maximum atomic E-state index is 13.0. The van der Waals surface area contributed by atoms with Crippen molar-refractivity contribution in [1.82, 2.24) is 14.9 Å². The molecule has 140 valence electrons. The summed E-state index contributed by atoms with van der Waals surface area (Å²) < 4.78 is 19.6. The maximum Gasteiger partial charge on any atom is 0.338 e. The van der Waals surface area contributed by atoms with Crippen LogP contribution in [0.2, 0.25) is 0 Å². The Morgan fingerprint density at radius 2 is 1.81 bits per heavy atom. The molecule has 2 N–H and O–H groups in total. The Hall–Kier alpha value is -2.87. The van der Waals surface area contributed by atoms with Gasteiger partial charge in [-0.1, -0.05) is 23.9 Å². The Morgan fingerprint density at radius 3 is 2.44 bits per heavy atom. The van der Waals surface area contributed by atoms with Gasteiger partial charge in [0, 0.05) is 11.3 Å². The van der Waals surface area contributed by atoms with E-state index in [1.807, 2.05) is 26.0 Å². The summed E-state index contributed by atoms with van der Waals surface area (Å²) in [6.07, 6.45) is -0.154. The van der Waals surface area contributed by atoms with E-state index < -0.39 is 0 Å². The number of hydrogen-bond donors (Lipinski definition) is 1. The van der Waals surface area contributed by atoms with Gasteiger partial charge in [-0.15, -0.1) is 10.2 Å². The van der Waals surface area contributed by atoms with Crippen LogP contribution in [-0.2, 0) is 10.5 Å². The first kappa shape index (κ1) is 18.9. The second kappa shape index (κ2) is 8.22. The van der Waals surface area contributed by atoms with Gasteiger partial charge in [-0.25, -0.2) is 13.9 Å². The molecule has 6 nitrogen and oxygen atoms in total. The molecule has 0 radical (unpaired) electrons. The third-order valence-corrected chi connectivity index (χ3v) is 4.68. The summed E-state index contributed by atoms with van der Waals surface area (Å²) in [7, 11) is 0. The summed E-state index contributed by atoms with van der Waals surface area (Å²) in [5.41, 5.74) is 2.21. The number of aromatic nitrogens is 3. The van der Waals surface area contributed by atoms with Gasteiger partial charge >= 0.3 is 5.97 Å². The topological polar surface area (TPSA) is 83.0 Å². The van der Waals surface area contributed by atoms with E-state index in [9.17, 15) is 9.18 Å². The second-order valence-electron chi connectivity index (χ2n) is 6.12. The molecule has 0 amide bonds. The van der Waals surface area contributed by atoms with Crippen LogP contribution in [0.15, 0.2) is 53.7 Å². The van der Waals surface area contributed by atoms with Gasteiger partial charge in [-0.2, -0.15) is 0 Å². The van der Waals surface area contributed by atoms with E-state index in [2.05, 4.69) is 10.2 Å². The van der Waals surface area contributed by atoms with Gasteiger partial charge < -0.3 is 10.6 Å². The maximum absolute atomic E-state index is 13.0. The Kier molecular flexibility index (Phi) is 5.75. The SMILES string of the molecule is CC(C)OC(=O)c1ccc(CSc2nnc(-c3ccc(F)cc3)n2N)cc1. The normalized spacial score (nSPS) is 11.0. The minimum atomic E-state index is -0.338. The molecule has 2 aromatic carbocycles. The van der Waals surface area contributed by atoms with Crippen LogP contribution >= 0.6 is 11.8 Å². The predicted octanol–water partition coefficient (Wildman–Crippen LogP) is 3.66. The molecule has 0 unspecified atom stereocenters. The summed E-state index contributed by atoms with van der Waals surface area (Å²) in [6, 6.07) is 13.1. The van der Waals surface area contributed by atoms with E-state index in [4.69, 9.17) is 10.6 Å². The van der Waals surface area contributed by atoms with Gasteiger partial charge in [-0.3, -0.25) is 0 Å². The molecule has 0 fully saturated rings. The first-order valence-electron chi connectivity index (χ1n) is 8.33. The van der Waals surface area contributed by atoms with Gasteiger partial charge in [0.1, 0.15) is 5.82 Å². The molecule has 0 aliphatic rings. The average Bonchev–Trinajstić information content (AvgIpc) is 3.01. The molecule has 0 aliphatic carbocycles. The summed E-state index contributed by atoms with van der Waals surface area (Å²) >= 11 is 1.42. The molecular formula is C19H19FN4O2S. The molecule has 1 heterocycles. The van der Waals surface area contributed by atoms with Crippen LogP contribution in [0.1, 0.15) is 29.8 Å². The zero-order valence-electron chi connectivity index (χ0n) is 14.9. The number of halogens is 1. The number of carbonyl (C=O) groups is 1. The van der Waals surface area contributed by atoms with Crippen molar-refractivity contribution in [2.45, 2.75) is 30.9 Å². The molecule has 0 saturated carbocycles. The molecule has 8 heteroatoms. The minimum Gasteiger partial charge on any atom is -0.459 e. The molecule has 1 aromatic heterocycles. The second-order valence-corrected chi connectivity index (χ2v) is 7.07. The van der Waals surface area contributed by atoms with E-state index in [-0.39, 0.29) is 17.9 Å². The molecule has 3 rings (SSSR count). The number of hydrogen-bond acceptors (Lipinski definition) is 6. The van der Waals surface area contributed by atoms with Gasteiger partial charge in [0.05, 0.1) is 11.7 Å². The zero-order valence-corrected chi connectivity index (χ0v) is 15.7. The van der Waals surface area contributed by atoms with Crippen LogP contribution in [0.25, 0.3) is 11.4 Å². The lowest BCUT2D eigenvalue weighted by Gasteiger charge is -2.08. The third-order valence-electron chi connectivity index (χ3n) is 3.67. The number of ether oxygens (including phenoxy) is 1. The van der Waals surface area contributed by atoms with Crippen LogP contribution in [0.5, 0.6) is 0 Å². The highest BCUT2D eigenvalue weighted by Gasteiger charge is 2.13. The lowest BCUT2D eigenvalue weighted by Crippen LogP contribution is -2.12. The predicted molar refractivity (Wildman–Crippen MR) is 102 cm³/mol. The van der Waals surface area contributed by atoms with Crippen molar-refractivity contribution in [3.05, 3.63) is 65.5 Å². The van der Waals surface area contributed by atoms with Gasteiger partial charge in [0.2, 0.25) is 5.16 Å². The third kappa shape index (κ3) is 4.65. The van der Waals surface area contributed by atoms with E-state index in [0.717, 1.165) is 5.56 Å². The van der Waals surface area contributed by atoms with E-state index in [1.165, 1.54) is 28.6 Å². The van der Waals surface area contributed by atoms with Crippen molar-refractivity contribution in [1.29, 1.82) is 0 Å². The molecule has 3 aromatic rings. The number of nitrogen functional groups attached to an aromatic ring is 1. The summed E-state index contributed by atoms with van der Waals surface area (Å²) in [5.74, 6) is 6.48. The molecule has 0 aliphatic heterocycles. The Morgan fingerprint density at radius 1 is 1.15 bits per heavy atom. The minimum absolute atomic E-state index is 0.154. The summed E-state index contributed by atoms with van der Waals surface area (Å²) in [6.45, 7) is 3.62. The standard InChI is InChI=1S/C19H19FN4O2S/c1-12(2)26-18(25)15-5-3-13(4-6-15)11-27-19-23-22-17(24(19)21)14-7-9-16(20)10-8-14/h3-10,12H,11,21H2,1-2H3. The number of nitrogens with two attached hydrogens (primary N) is 1. The van der Waals surface area contributed by atoms with Crippen LogP contribution in [0.3, 0.4) is 0 Å². The number of esters is 1. The summed E-state index contributed by atoms with van der Waals surface area (Å²) in [5, 5.41) is 8.71.